The molecule has 1 aromatic rings. The average Bonchev–Trinajstić information content (AvgIpc) is 2.80. The quantitative estimate of drug-likeness (QED) is 0.698. The molecule has 0 unspecified atom stereocenters. The predicted octanol–water partition coefficient (Wildman–Crippen LogP) is 0.543. The van der Waals surface area contributed by atoms with Crippen molar-refractivity contribution in [1.82, 2.24) is 15.5 Å². The summed E-state index contributed by atoms with van der Waals surface area (Å²) in [5.41, 5.74) is 6.73. The van der Waals surface area contributed by atoms with Crippen molar-refractivity contribution < 1.29 is 4.79 Å². The van der Waals surface area contributed by atoms with Crippen LogP contribution in [0.15, 0.2) is 12.3 Å². The molecule has 4 N–H and O–H groups in total. The molecule has 5 nitrogen and oxygen atoms in total. The molecule has 1 amide bonds. The monoisotopic (exact) mass is 222 g/mol. The van der Waals surface area contributed by atoms with Crippen LogP contribution < -0.4 is 11.1 Å². The molecule has 1 aromatic heterocycles. The van der Waals surface area contributed by atoms with Crippen molar-refractivity contribution in [1.29, 1.82) is 0 Å². The van der Waals surface area contributed by atoms with E-state index >= 15 is 0 Å². The van der Waals surface area contributed by atoms with Crippen molar-refractivity contribution in [2.75, 3.05) is 0 Å². The smallest absolute Gasteiger partial charge is 0.223 e. The SMILES string of the molecule is NC1CCC(C(=O)NCc2ccn[nH]2)CC1. The molecule has 1 heterocycles. The Labute approximate surface area is 94.8 Å². The van der Waals surface area contributed by atoms with Gasteiger partial charge in [-0.25, -0.2) is 0 Å². The second-order valence-corrected chi connectivity index (χ2v) is 4.41. The Morgan fingerprint density at radius 3 is 2.88 bits per heavy atom. The van der Waals surface area contributed by atoms with E-state index in [1.165, 1.54) is 0 Å². The van der Waals surface area contributed by atoms with Gasteiger partial charge < -0.3 is 11.1 Å². The summed E-state index contributed by atoms with van der Waals surface area (Å²) in [5, 5.41) is 9.57. The third kappa shape index (κ3) is 2.82. The maximum Gasteiger partial charge on any atom is 0.223 e. The minimum atomic E-state index is 0.140. The van der Waals surface area contributed by atoms with E-state index in [1.807, 2.05) is 6.07 Å². The summed E-state index contributed by atoms with van der Waals surface area (Å²) in [5.74, 6) is 0.282. The third-order valence-electron chi connectivity index (χ3n) is 3.15. The molecule has 0 bridgehead atoms. The summed E-state index contributed by atoms with van der Waals surface area (Å²) in [6.45, 7) is 0.529. The van der Waals surface area contributed by atoms with E-state index in [2.05, 4.69) is 15.5 Å². The lowest BCUT2D eigenvalue weighted by molar-refractivity contribution is -0.126. The average molecular weight is 222 g/mol. The van der Waals surface area contributed by atoms with Gasteiger partial charge in [-0.05, 0) is 31.7 Å². The van der Waals surface area contributed by atoms with Crippen molar-refractivity contribution >= 4 is 5.91 Å². The zero-order valence-electron chi connectivity index (χ0n) is 9.28. The predicted molar refractivity (Wildman–Crippen MR) is 60.4 cm³/mol. The minimum absolute atomic E-state index is 0.140. The van der Waals surface area contributed by atoms with Crippen LogP contribution in [0, 0.1) is 5.92 Å². The molecule has 0 atom stereocenters. The van der Waals surface area contributed by atoms with E-state index in [9.17, 15) is 4.79 Å². The second kappa shape index (κ2) is 5.12. The summed E-state index contributed by atoms with van der Waals surface area (Å²) in [6, 6.07) is 2.15. The number of amides is 1. The zero-order chi connectivity index (χ0) is 11.4. The van der Waals surface area contributed by atoms with Gasteiger partial charge in [0.05, 0.1) is 12.2 Å². The first-order valence-corrected chi connectivity index (χ1v) is 5.77. The Morgan fingerprint density at radius 2 is 2.25 bits per heavy atom. The van der Waals surface area contributed by atoms with Crippen molar-refractivity contribution in [3.8, 4) is 0 Å². The van der Waals surface area contributed by atoms with E-state index < -0.39 is 0 Å². The summed E-state index contributed by atoms with van der Waals surface area (Å²) >= 11 is 0. The van der Waals surface area contributed by atoms with E-state index in [0.29, 0.717) is 6.54 Å². The third-order valence-corrected chi connectivity index (χ3v) is 3.15. The molecule has 0 aromatic carbocycles. The van der Waals surface area contributed by atoms with Crippen molar-refractivity contribution in [2.24, 2.45) is 11.7 Å². The van der Waals surface area contributed by atoms with Crippen LogP contribution in [-0.2, 0) is 11.3 Å². The molecule has 1 fully saturated rings. The van der Waals surface area contributed by atoms with Gasteiger partial charge in [0.25, 0.3) is 0 Å². The molecule has 0 saturated heterocycles. The maximum atomic E-state index is 11.8. The molecule has 0 spiro atoms. The lowest BCUT2D eigenvalue weighted by Gasteiger charge is -2.25. The number of aromatic amines is 1. The van der Waals surface area contributed by atoms with E-state index in [1.54, 1.807) is 6.20 Å². The molecular formula is C11H18N4O. The van der Waals surface area contributed by atoms with Crippen LogP contribution in [0.3, 0.4) is 0 Å². The minimum Gasteiger partial charge on any atom is -0.350 e. The van der Waals surface area contributed by atoms with Gasteiger partial charge in [0.15, 0.2) is 0 Å². The van der Waals surface area contributed by atoms with Crippen LogP contribution in [0.25, 0.3) is 0 Å². The highest BCUT2D eigenvalue weighted by molar-refractivity contribution is 5.78. The van der Waals surface area contributed by atoms with Crippen LogP contribution in [0.4, 0.5) is 0 Å². The molecule has 5 heteroatoms. The molecule has 1 aliphatic rings. The summed E-state index contributed by atoms with van der Waals surface area (Å²) in [7, 11) is 0. The van der Waals surface area contributed by atoms with Gasteiger partial charge in [0, 0.05) is 18.2 Å². The fourth-order valence-corrected chi connectivity index (χ4v) is 2.09. The summed E-state index contributed by atoms with van der Waals surface area (Å²) in [6.07, 6.45) is 5.43. The Bertz CT molecular complexity index is 328. The standard InChI is InChI=1S/C11H18N4O/c12-9-3-1-8(2-4-9)11(16)13-7-10-5-6-14-15-10/h5-6,8-9H,1-4,7,12H2,(H,13,16)(H,14,15). The van der Waals surface area contributed by atoms with Gasteiger partial charge in [-0.3, -0.25) is 9.89 Å². The number of nitrogens with zero attached hydrogens (tertiary/aromatic N) is 1. The molecule has 88 valence electrons. The Morgan fingerprint density at radius 1 is 1.50 bits per heavy atom. The lowest BCUT2D eigenvalue weighted by Crippen LogP contribution is -2.36. The van der Waals surface area contributed by atoms with Crippen molar-refractivity contribution in [3.05, 3.63) is 18.0 Å². The van der Waals surface area contributed by atoms with Crippen LogP contribution in [-0.4, -0.2) is 22.1 Å². The summed E-state index contributed by atoms with van der Waals surface area (Å²) in [4.78, 5) is 11.8. The second-order valence-electron chi connectivity index (χ2n) is 4.41. The van der Waals surface area contributed by atoms with E-state index in [0.717, 1.165) is 31.4 Å². The first kappa shape index (κ1) is 11.1. The number of carbonyl (C=O) groups excluding carboxylic acids is 1. The van der Waals surface area contributed by atoms with Gasteiger partial charge in [-0.15, -0.1) is 0 Å². The Hall–Kier alpha value is -1.36. The first-order chi connectivity index (χ1) is 7.75. The van der Waals surface area contributed by atoms with Crippen LogP contribution in [0.1, 0.15) is 31.4 Å². The van der Waals surface area contributed by atoms with Crippen molar-refractivity contribution in [2.45, 2.75) is 38.3 Å². The topological polar surface area (TPSA) is 83.8 Å². The molecule has 16 heavy (non-hydrogen) atoms. The fourth-order valence-electron chi connectivity index (χ4n) is 2.09. The van der Waals surface area contributed by atoms with Crippen LogP contribution in [0.5, 0.6) is 0 Å². The van der Waals surface area contributed by atoms with E-state index in [-0.39, 0.29) is 17.9 Å². The number of hydrogen-bond donors (Lipinski definition) is 3. The number of carbonyl (C=O) groups is 1. The van der Waals surface area contributed by atoms with Gasteiger partial charge in [-0.1, -0.05) is 0 Å². The van der Waals surface area contributed by atoms with Crippen LogP contribution >= 0.6 is 0 Å². The Kier molecular flexibility index (Phi) is 3.56. The number of rotatable bonds is 3. The molecule has 1 aliphatic carbocycles. The van der Waals surface area contributed by atoms with Crippen molar-refractivity contribution in [3.63, 3.8) is 0 Å². The maximum absolute atomic E-state index is 11.8. The molecule has 2 rings (SSSR count). The molecule has 0 aliphatic heterocycles. The lowest BCUT2D eigenvalue weighted by atomic mass is 9.86. The van der Waals surface area contributed by atoms with E-state index in [4.69, 9.17) is 5.73 Å². The first-order valence-electron chi connectivity index (χ1n) is 5.77. The van der Waals surface area contributed by atoms with Gasteiger partial charge >= 0.3 is 0 Å². The number of hydrogen-bond acceptors (Lipinski definition) is 3. The number of aromatic nitrogens is 2. The van der Waals surface area contributed by atoms with Gasteiger partial charge in [-0.2, -0.15) is 5.10 Å². The number of nitrogens with two attached hydrogens (primary N) is 1. The largest absolute Gasteiger partial charge is 0.350 e. The highest BCUT2D eigenvalue weighted by Gasteiger charge is 2.24. The molecule has 0 radical (unpaired) electrons. The highest BCUT2D eigenvalue weighted by Crippen LogP contribution is 2.23. The molecule has 1 saturated carbocycles. The Balaban J connectivity index is 1.75. The number of nitrogens with one attached hydrogen (secondary N) is 2. The molecular weight excluding hydrogens is 204 g/mol. The fraction of sp³-hybridized carbons (Fsp3) is 0.636. The normalized spacial score (nSPS) is 25.3. The van der Waals surface area contributed by atoms with Crippen LogP contribution in [0.2, 0.25) is 0 Å². The zero-order valence-corrected chi connectivity index (χ0v) is 9.28. The summed E-state index contributed by atoms with van der Waals surface area (Å²) < 4.78 is 0. The number of H-pyrrole nitrogens is 1. The van der Waals surface area contributed by atoms with Gasteiger partial charge in [0.1, 0.15) is 0 Å². The van der Waals surface area contributed by atoms with Gasteiger partial charge in [0.2, 0.25) is 5.91 Å². The highest BCUT2D eigenvalue weighted by atomic mass is 16.1.